The first-order valence-corrected chi connectivity index (χ1v) is 7.81. The second kappa shape index (κ2) is 6.93. The van der Waals surface area contributed by atoms with Gasteiger partial charge in [-0.2, -0.15) is 0 Å². The fourth-order valence-corrected chi connectivity index (χ4v) is 2.97. The van der Waals surface area contributed by atoms with Crippen LogP contribution in [0.4, 0.5) is 10.5 Å². The maximum Gasteiger partial charge on any atom is 0.335 e. The summed E-state index contributed by atoms with van der Waals surface area (Å²) in [6, 6.07) is 4.35. The molecule has 1 aromatic carbocycles. The Morgan fingerprint density at radius 3 is 2.67 bits per heavy atom. The molecule has 2 rings (SSSR count). The fraction of sp³-hybridized carbons (Fsp3) is 0.467. The molecule has 0 aromatic heterocycles. The van der Waals surface area contributed by atoms with Crippen LogP contribution in [0.5, 0.6) is 0 Å². The molecule has 1 aliphatic carbocycles. The number of hydrogen-bond acceptors (Lipinski definition) is 2. The molecule has 5 nitrogen and oxygen atoms in total. The van der Waals surface area contributed by atoms with Crippen molar-refractivity contribution in [2.24, 2.45) is 5.92 Å². The minimum absolute atomic E-state index is 0.145. The van der Waals surface area contributed by atoms with Gasteiger partial charge in [-0.15, -0.1) is 0 Å². The predicted octanol–water partition coefficient (Wildman–Crippen LogP) is 3.80. The molecule has 1 fully saturated rings. The highest BCUT2D eigenvalue weighted by atomic mass is 79.9. The summed E-state index contributed by atoms with van der Waals surface area (Å²) < 4.78 is 0.662. The van der Waals surface area contributed by atoms with E-state index in [2.05, 4.69) is 21.2 Å². The zero-order valence-corrected chi connectivity index (χ0v) is 13.5. The van der Waals surface area contributed by atoms with Crippen molar-refractivity contribution in [3.8, 4) is 0 Å². The molecule has 0 unspecified atom stereocenters. The summed E-state index contributed by atoms with van der Waals surface area (Å²) in [6.45, 7) is 0.738. The van der Waals surface area contributed by atoms with Crippen LogP contribution < -0.4 is 5.32 Å². The van der Waals surface area contributed by atoms with Crippen LogP contribution in [-0.4, -0.2) is 35.6 Å². The van der Waals surface area contributed by atoms with E-state index in [1.54, 1.807) is 18.0 Å². The number of hydrogen-bond donors (Lipinski definition) is 2. The van der Waals surface area contributed by atoms with Gasteiger partial charge in [0.25, 0.3) is 0 Å². The van der Waals surface area contributed by atoms with Gasteiger partial charge in [0.2, 0.25) is 0 Å². The Morgan fingerprint density at radius 1 is 1.38 bits per heavy atom. The molecule has 21 heavy (non-hydrogen) atoms. The minimum atomic E-state index is -1.02. The van der Waals surface area contributed by atoms with Gasteiger partial charge in [0.1, 0.15) is 0 Å². The first-order valence-electron chi connectivity index (χ1n) is 7.02. The van der Waals surface area contributed by atoms with Crippen molar-refractivity contribution >= 4 is 33.6 Å². The standard InChI is InChI=1S/C15H19BrN2O3/c1-18(9-10-4-2-3-5-10)15(21)17-13-8-11(14(19)20)6-7-12(13)16/h6-8,10H,2-5,9H2,1H3,(H,17,21)(H,19,20). The molecule has 6 heteroatoms. The van der Waals surface area contributed by atoms with Crippen LogP contribution in [0.25, 0.3) is 0 Å². The first-order chi connectivity index (χ1) is 9.97. The molecule has 1 saturated carbocycles. The Balaban J connectivity index is 2.01. The molecular weight excluding hydrogens is 336 g/mol. The predicted molar refractivity (Wildman–Crippen MR) is 84.7 cm³/mol. The Morgan fingerprint density at radius 2 is 2.05 bits per heavy atom. The molecule has 0 saturated heterocycles. The minimum Gasteiger partial charge on any atom is -0.478 e. The number of aromatic carboxylic acids is 1. The van der Waals surface area contributed by atoms with Gasteiger partial charge in [-0.3, -0.25) is 0 Å². The normalized spacial score (nSPS) is 15.0. The summed E-state index contributed by atoms with van der Waals surface area (Å²) >= 11 is 3.32. The highest BCUT2D eigenvalue weighted by Gasteiger charge is 2.20. The third-order valence-corrected chi connectivity index (χ3v) is 4.50. The van der Waals surface area contributed by atoms with Crippen LogP contribution in [0.2, 0.25) is 0 Å². The summed E-state index contributed by atoms with van der Waals surface area (Å²) in [7, 11) is 1.77. The average Bonchev–Trinajstić information content (AvgIpc) is 2.93. The lowest BCUT2D eigenvalue weighted by atomic mass is 10.1. The lowest BCUT2D eigenvalue weighted by molar-refractivity contribution is 0.0697. The number of carbonyl (C=O) groups is 2. The van der Waals surface area contributed by atoms with Gasteiger partial charge in [0, 0.05) is 18.1 Å². The van der Waals surface area contributed by atoms with Crippen LogP contribution in [0.15, 0.2) is 22.7 Å². The molecule has 2 N–H and O–H groups in total. The molecule has 0 spiro atoms. The van der Waals surface area contributed by atoms with Crippen molar-refractivity contribution in [2.75, 3.05) is 18.9 Å². The molecule has 0 atom stereocenters. The van der Waals surface area contributed by atoms with E-state index in [1.165, 1.54) is 37.8 Å². The quantitative estimate of drug-likeness (QED) is 0.863. The third-order valence-electron chi connectivity index (χ3n) is 3.81. The highest BCUT2D eigenvalue weighted by molar-refractivity contribution is 9.10. The number of nitrogens with one attached hydrogen (secondary N) is 1. The number of urea groups is 1. The zero-order valence-electron chi connectivity index (χ0n) is 11.9. The van der Waals surface area contributed by atoms with Crippen LogP contribution in [0, 0.1) is 5.92 Å². The summed E-state index contributed by atoms with van der Waals surface area (Å²) in [5, 5.41) is 11.8. The van der Waals surface area contributed by atoms with Crippen LogP contribution in [-0.2, 0) is 0 Å². The number of rotatable bonds is 4. The summed E-state index contributed by atoms with van der Waals surface area (Å²) in [6.07, 6.45) is 4.84. The largest absolute Gasteiger partial charge is 0.478 e. The Kier molecular flexibility index (Phi) is 5.22. The SMILES string of the molecule is CN(CC1CCCC1)C(=O)Nc1cc(C(=O)O)ccc1Br. The van der Waals surface area contributed by atoms with Crippen molar-refractivity contribution in [1.82, 2.24) is 4.90 Å². The summed E-state index contributed by atoms with van der Waals surface area (Å²) in [4.78, 5) is 24.8. The molecule has 1 aliphatic rings. The van der Waals surface area contributed by atoms with E-state index in [9.17, 15) is 9.59 Å². The average molecular weight is 355 g/mol. The molecule has 0 bridgehead atoms. The molecule has 0 aliphatic heterocycles. The van der Waals surface area contributed by atoms with E-state index in [0.29, 0.717) is 16.1 Å². The van der Waals surface area contributed by atoms with E-state index >= 15 is 0 Å². The smallest absolute Gasteiger partial charge is 0.335 e. The lowest BCUT2D eigenvalue weighted by Gasteiger charge is -2.22. The van der Waals surface area contributed by atoms with Gasteiger partial charge in [0.05, 0.1) is 11.3 Å². The number of carbonyl (C=O) groups excluding carboxylic acids is 1. The van der Waals surface area contributed by atoms with Crippen LogP contribution in [0.3, 0.4) is 0 Å². The van der Waals surface area contributed by atoms with E-state index < -0.39 is 5.97 Å². The van der Waals surface area contributed by atoms with Gasteiger partial charge < -0.3 is 15.3 Å². The number of carboxylic acids is 1. The number of benzene rings is 1. The van der Waals surface area contributed by atoms with Crippen molar-refractivity contribution < 1.29 is 14.7 Å². The Hall–Kier alpha value is -1.56. The van der Waals surface area contributed by atoms with Gasteiger partial charge in [-0.05, 0) is 52.9 Å². The maximum atomic E-state index is 12.2. The number of anilines is 1. The molecule has 114 valence electrons. The highest BCUT2D eigenvalue weighted by Crippen LogP contribution is 2.26. The van der Waals surface area contributed by atoms with E-state index in [-0.39, 0.29) is 11.6 Å². The first kappa shape index (κ1) is 15.8. The summed E-state index contributed by atoms with van der Waals surface area (Å²) in [5.74, 6) is -0.438. The van der Waals surface area contributed by atoms with E-state index in [1.807, 2.05) is 0 Å². The second-order valence-corrected chi connectivity index (χ2v) is 6.32. The second-order valence-electron chi connectivity index (χ2n) is 5.46. The van der Waals surface area contributed by atoms with E-state index in [4.69, 9.17) is 5.11 Å². The topological polar surface area (TPSA) is 69.6 Å². The van der Waals surface area contributed by atoms with Crippen molar-refractivity contribution in [2.45, 2.75) is 25.7 Å². The van der Waals surface area contributed by atoms with Crippen LogP contribution in [0.1, 0.15) is 36.0 Å². The van der Waals surface area contributed by atoms with Gasteiger partial charge in [-0.1, -0.05) is 12.8 Å². The molecule has 2 amide bonds. The Labute approximate surface area is 132 Å². The maximum absolute atomic E-state index is 12.2. The van der Waals surface area contributed by atoms with Crippen molar-refractivity contribution in [3.63, 3.8) is 0 Å². The van der Waals surface area contributed by atoms with Crippen LogP contribution >= 0.6 is 15.9 Å². The molecule has 1 aromatic rings. The van der Waals surface area contributed by atoms with Crippen molar-refractivity contribution in [3.05, 3.63) is 28.2 Å². The van der Waals surface area contributed by atoms with Crippen molar-refractivity contribution in [1.29, 1.82) is 0 Å². The monoisotopic (exact) mass is 354 g/mol. The molecular formula is C15H19BrN2O3. The number of halogens is 1. The third kappa shape index (κ3) is 4.20. The number of carboxylic acid groups (broad SMARTS) is 1. The lowest BCUT2D eigenvalue weighted by Crippen LogP contribution is -2.34. The zero-order chi connectivity index (χ0) is 15.4. The Bertz CT molecular complexity index is 542. The molecule has 0 heterocycles. The number of nitrogens with zero attached hydrogens (tertiary/aromatic N) is 1. The molecule has 0 radical (unpaired) electrons. The summed E-state index contributed by atoms with van der Waals surface area (Å²) in [5.41, 5.74) is 0.616. The van der Waals surface area contributed by atoms with Gasteiger partial charge >= 0.3 is 12.0 Å². The number of amides is 2. The van der Waals surface area contributed by atoms with E-state index in [0.717, 1.165) is 6.54 Å². The van der Waals surface area contributed by atoms with Gasteiger partial charge in [0.15, 0.2) is 0 Å². The fourth-order valence-electron chi connectivity index (χ4n) is 2.63. The van der Waals surface area contributed by atoms with Gasteiger partial charge in [-0.25, -0.2) is 9.59 Å².